The van der Waals surface area contributed by atoms with Gasteiger partial charge in [0, 0.05) is 12.6 Å². The minimum Gasteiger partial charge on any atom is -0.317 e. The van der Waals surface area contributed by atoms with E-state index in [4.69, 9.17) is 0 Å². The van der Waals surface area contributed by atoms with Gasteiger partial charge in [0.15, 0.2) is 0 Å². The van der Waals surface area contributed by atoms with Gasteiger partial charge in [-0.3, -0.25) is 0 Å². The lowest BCUT2D eigenvalue weighted by atomic mass is 10.0. The highest BCUT2D eigenvalue weighted by molar-refractivity contribution is 5.24. The van der Waals surface area contributed by atoms with Crippen LogP contribution in [0.25, 0.3) is 0 Å². The first-order chi connectivity index (χ1) is 9.16. The zero-order valence-electron chi connectivity index (χ0n) is 12.7. The fraction of sp³-hybridized carbons (Fsp3) is 0.647. The largest absolute Gasteiger partial charge is 0.317 e. The molecule has 0 aliphatic carbocycles. The van der Waals surface area contributed by atoms with E-state index in [-0.39, 0.29) is 0 Å². The van der Waals surface area contributed by atoms with Gasteiger partial charge in [-0.25, -0.2) is 0 Å². The highest BCUT2D eigenvalue weighted by Crippen LogP contribution is 2.16. The maximum Gasteiger partial charge on any atom is 0.0116 e. The number of likely N-dealkylation sites (N-methyl/N-ethyl adjacent to an activating group) is 1. The Balaban J connectivity index is 1.80. The third kappa shape index (κ3) is 4.32. The van der Waals surface area contributed by atoms with Crippen LogP contribution in [-0.4, -0.2) is 37.6 Å². The molecule has 1 N–H and O–H groups in total. The average molecular weight is 260 g/mol. The highest BCUT2D eigenvalue weighted by atomic mass is 15.1. The molecule has 1 saturated heterocycles. The fourth-order valence-corrected chi connectivity index (χ4v) is 2.80. The number of piperidine rings is 1. The first-order valence-corrected chi connectivity index (χ1v) is 7.66. The molecule has 0 amide bonds. The monoisotopic (exact) mass is 260 g/mol. The van der Waals surface area contributed by atoms with Crippen LogP contribution >= 0.6 is 0 Å². The fourth-order valence-electron chi connectivity index (χ4n) is 2.80. The van der Waals surface area contributed by atoms with Gasteiger partial charge in [-0.1, -0.05) is 38.1 Å². The summed E-state index contributed by atoms with van der Waals surface area (Å²) >= 11 is 0. The molecule has 19 heavy (non-hydrogen) atoms. The van der Waals surface area contributed by atoms with E-state index < -0.39 is 0 Å². The van der Waals surface area contributed by atoms with Crippen molar-refractivity contribution in [3.05, 3.63) is 35.4 Å². The number of benzene rings is 1. The minimum atomic E-state index is 0.631. The molecule has 0 spiro atoms. The molecule has 0 saturated carbocycles. The maximum atomic E-state index is 3.43. The Labute approximate surface area is 118 Å². The summed E-state index contributed by atoms with van der Waals surface area (Å²) < 4.78 is 0. The van der Waals surface area contributed by atoms with E-state index in [2.05, 4.69) is 55.4 Å². The molecule has 0 unspecified atom stereocenters. The van der Waals surface area contributed by atoms with Crippen LogP contribution < -0.4 is 5.32 Å². The van der Waals surface area contributed by atoms with Crippen molar-refractivity contribution in [2.75, 3.05) is 26.7 Å². The lowest BCUT2D eigenvalue weighted by Crippen LogP contribution is -2.41. The van der Waals surface area contributed by atoms with Gasteiger partial charge in [-0.05, 0) is 56.4 Å². The molecular formula is C17H28N2. The van der Waals surface area contributed by atoms with Gasteiger partial charge in [-0.15, -0.1) is 0 Å². The van der Waals surface area contributed by atoms with Crippen LogP contribution in [0.3, 0.4) is 0 Å². The second-order valence-electron chi connectivity index (χ2n) is 6.11. The molecule has 2 heteroatoms. The van der Waals surface area contributed by atoms with E-state index in [0.717, 1.165) is 6.04 Å². The predicted molar refractivity (Wildman–Crippen MR) is 82.8 cm³/mol. The molecule has 1 fully saturated rings. The van der Waals surface area contributed by atoms with Crippen molar-refractivity contribution >= 4 is 0 Å². The van der Waals surface area contributed by atoms with Crippen LogP contribution in [0.4, 0.5) is 0 Å². The Bertz CT molecular complexity index is 363. The van der Waals surface area contributed by atoms with Crippen molar-refractivity contribution in [3.63, 3.8) is 0 Å². The number of nitrogens with zero attached hydrogens (tertiary/aromatic N) is 1. The van der Waals surface area contributed by atoms with Crippen molar-refractivity contribution in [2.45, 2.75) is 45.1 Å². The van der Waals surface area contributed by atoms with Crippen molar-refractivity contribution in [3.8, 4) is 0 Å². The zero-order valence-corrected chi connectivity index (χ0v) is 12.7. The lowest BCUT2D eigenvalue weighted by molar-refractivity contribution is 0.201. The molecule has 2 nitrogen and oxygen atoms in total. The number of rotatable bonds is 5. The lowest BCUT2D eigenvalue weighted by Gasteiger charge is -2.31. The molecule has 1 aliphatic heterocycles. The van der Waals surface area contributed by atoms with E-state index in [1.165, 1.54) is 50.0 Å². The maximum absolute atomic E-state index is 3.43. The van der Waals surface area contributed by atoms with Gasteiger partial charge in [-0.2, -0.15) is 0 Å². The Morgan fingerprint density at radius 1 is 1.16 bits per heavy atom. The molecule has 1 aromatic carbocycles. The van der Waals surface area contributed by atoms with E-state index in [9.17, 15) is 0 Å². The molecule has 2 rings (SSSR count). The number of nitrogens with one attached hydrogen (secondary N) is 1. The summed E-state index contributed by atoms with van der Waals surface area (Å²) in [5, 5.41) is 3.43. The third-order valence-corrected chi connectivity index (χ3v) is 4.33. The molecule has 0 atom stereocenters. The predicted octanol–water partition coefficient (Wildman–Crippen LogP) is 3.04. The smallest absolute Gasteiger partial charge is 0.0116 e. The van der Waals surface area contributed by atoms with E-state index in [0.29, 0.717) is 5.92 Å². The third-order valence-electron chi connectivity index (χ3n) is 4.33. The molecule has 1 heterocycles. The molecule has 0 bridgehead atoms. The van der Waals surface area contributed by atoms with E-state index >= 15 is 0 Å². The quantitative estimate of drug-likeness (QED) is 0.875. The summed E-state index contributed by atoms with van der Waals surface area (Å²) in [7, 11) is 2.28. The Kier molecular flexibility index (Phi) is 5.41. The van der Waals surface area contributed by atoms with Crippen LogP contribution in [0.2, 0.25) is 0 Å². The summed E-state index contributed by atoms with van der Waals surface area (Å²) in [6.07, 6.45) is 3.75. The van der Waals surface area contributed by atoms with Crippen LogP contribution in [0.5, 0.6) is 0 Å². The first-order valence-electron chi connectivity index (χ1n) is 7.66. The number of hydrogen-bond donors (Lipinski definition) is 1. The second kappa shape index (κ2) is 7.06. The first kappa shape index (κ1) is 14.5. The number of hydrogen-bond acceptors (Lipinski definition) is 2. The summed E-state index contributed by atoms with van der Waals surface area (Å²) in [6, 6.07) is 9.93. The van der Waals surface area contributed by atoms with Crippen molar-refractivity contribution in [1.29, 1.82) is 0 Å². The van der Waals surface area contributed by atoms with Crippen LogP contribution in [0.1, 0.15) is 43.7 Å². The van der Waals surface area contributed by atoms with Gasteiger partial charge in [0.25, 0.3) is 0 Å². The van der Waals surface area contributed by atoms with Crippen molar-refractivity contribution in [2.24, 2.45) is 0 Å². The van der Waals surface area contributed by atoms with E-state index in [1.54, 1.807) is 0 Å². The van der Waals surface area contributed by atoms with Gasteiger partial charge in [0.2, 0.25) is 0 Å². The van der Waals surface area contributed by atoms with Gasteiger partial charge in [0.1, 0.15) is 0 Å². The Hall–Kier alpha value is -0.860. The average Bonchev–Trinajstić information content (AvgIpc) is 2.46. The standard InChI is InChI=1S/C17H28N2/c1-14(2)16-6-4-15(5-7-16)10-13-19(3)17-8-11-18-12-9-17/h4-7,14,17-18H,8-13H2,1-3H3. The van der Waals surface area contributed by atoms with Gasteiger partial charge >= 0.3 is 0 Å². The minimum absolute atomic E-state index is 0.631. The van der Waals surface area contributed by atoms with Crippen molar-refractivity contribution < 1.29 is 0 Å². The van der Waals surface area contributed by atoms with Crippen LogP contribution in [-0.2, 0) is 6.42 Å². The molecule has 1 aromatic rings. The molecular weight excluding hydrogens is 232 g/mol. The summed E-state index contributed by atoms with van der Waals surface area (Å²) in [5.74, 6) is 0.631. The van der Waals surface area contributed by atoms with Gasteiger partial charge < -0.3 is 10.2 Å². The molecule has 106 valence electrons. The Morgan fingerprint density at radius 2 is 1.79 bits per heavy atom. The summed E-state index contributed by atoms with van der Waals surface area (Å²) in [5.41, 5.74) is 2.90. The highest BCUT2D eigenvalue weighted by Gasteiger charge is 2.17. The second-order valence-corrected chi connectivity index (χ2v) is 6.11. The van der Waals surface area contributed by atoms with Crippen LogP contribution in [0.15, 0.2) is 24.3 Å². The topological polar surface area (TPSA) is 15.3 Å². The van der Waals surface area contributed by atoms with Crippen molar-refractivity contribution in [1.82, 2.24) is 10.2 Å². The zero-order chi connectivity index (χ0) is 13.7. The Morgan fingerprint density at radius 3 is 2.37 bits per heavy atom. The summed E-state index contributed by atoms with van der Waals surface area (Å²) in [4.78, 5) is 2.54. The SMILES string of the molecule is CC(C)c1ccc(CCN(C)C2CCNCC2)cc1. The molecule has 0 radical (unpaired) electrons. The molecule has 1 aliphatic rings. The molecule has 0 aromatic heterocycles. The van der Waals surface area contributed by atoms with E-state index in [1.807, 2.05) is 0 Å². The normalized spacial score (nSPS) is 17.3. The van der Waals surface area contributed by atoms with Crippen LogP contribution in [0, 0.1) is 0 Å². The van der Waals surface area contributed by atoms with Gasteiger partial charge in [0.05, 0.1) is 0 Å². The summed E-state index contributed by atoms with van der Waals surface area (Å²) in [6.45, 7) is 8.03.